The van der Waals surface area contributed by atoms with Crippen molar-refractivity contribution in [2.75, 3.05) is 6.54 Å². The van der Waals surface area contributed by atoms with Gasteiger partial charge in [-0.3, -0.25) is 15.0 Å². The lowest BCUT2D eigenvalue weighted by molar-refractivity contribution is -0.126. The molecule has 0 aliphatic heterocycles. The minimum absolute atomic E-state index is 0.0476. The van der Waals surface area contributed by atoms with E-state index >= 15 is 0 Å². The van der Waals surface area contributed by atoms with Crippen LogP contribution in [0.2, 0.25) is 0 Å². The van der Waals surface area contributed by atoms with Crippen molar-refractivity contribution in [1.82, 2.24) is 15.4 Å². The van der Waals surface area contributed by atoms with Crippen molar-refractivity contribution in [2.24, 2.45) is 5.73 Å². The number of carbonyl (C=O) groups excluding carboxylic acids is 2. The maximum atomic E-state index is 12.9. The van der Waals surface area contributed by atoms with Gasteiger partial charge in [-0.1, -0.05) is 97.1 Å². The zero-order valence-electron chi connectivity index (χ0n) is 20.1. The van der Waals surface area contributed by atoms with E-state index in [1.807, 2.05) is 30.3 Å². The third kappa shape index (κ3) is 9.36. The monoisotopic (exact) mass is 519 g/mol. The summed E-state index contributed by atoms with van der Waals surface area (Å²) in [5.74, 6) is -1.44. The minimum Gasteiger partial charge on any atom is -0.384 e. The highest BCUT2D eigenvalue weighted by Crippen LogP contribution is 2.08. The molecule has 0 unspecified atom stereocenters. The van der Waals surface area contributed by atoms with E-state index in [0.717, 1.165) is 11.1 Å². The van der Waals surface area contributed by atoms with Gasteiger partial charge in [-0.05, 0) is 16.7 Å². The Labute approximate surface area is 216 Å². The van der Waals surface area contributed by atoms with E-state index in [1.54, 1.807) is 60.7 Å². The number of benzene rings is 3. The molecule has 6 N–H and O–H groups in total. The number of hydrogen-bond donors (Lipinski definition) is 5. The molecule has 3 aromatic rings. The molecule has 0 saturated carbocycles. The van der Waals surface area contributed by atoms with E-state index in [-0.39, 0.29) is 24.7 Å². The van der Waals surface area contributed by atoms with Crippen molar-refractivity contribution in [1.29, 1.82) is 5.41 Å². The van der Waals surface area contributed by atoms with Crippen LogP contribution in [0.4, 0.5) is 0 Å². The van der Waals surface area contributed by atoms with Crippen LogP contribution in [0.3, 0.4) is 0 Å². The Morgan fingerprint density at radius 3 is 2.11 bits per heavy atom. The van der Waals surface area contributed by atoms with Gasteiger partial charge in [0, 0.05) is 12.1 Å². The highest BCUT2D eigenvalue weighted by molar-refractivity contribution is 7.88. The van der Waals surface area contributed by atoms with Crippen LogP contribution < -0.4 is 21.1 Å². The summed E-state index contributed by atoms with van der Waals surface area (Å²) in [6.07, 6.45) is 3.09. The van der Waals surface area contributed by atoms with Gasteiger partial charge in [0.2, 0.25) is 21.8 Å². The molecule has 192 valence electrons. The van der Waals surface area contributed by atoms with E-state index < -0.39 is 27.9 Å². The molecule has 9 nitrogen and oxygen atoms in total. The Balaban J connectivity index is 1.61. The van der Waals surface area contributed by atoms with Gasteiger partial charge in [0.1, 0.15) is 11.9 Å². The number of amidine groups is 1. The summed E-state index contributed by atoms with van der Waals surface area (Å²) >= 11 is 0. The molecule has 0 aromatic heterocycles. The molecule has 1 atom stereocenters. The Bertz CT molecular complexity index is 1340. The van der Waals surface area contributed by atoms with Gasteiger partial charge in [0.05, 0.1) is 12.3 Å². The SMILES string of the molecule is N=C(N)c1ccc(CNC(=O)CNC(=O)[C@@H](C=Cc2ccccc2)NS(=O)(=O)Cc2ccccc2)cc1. The van der Waals surface area contributed by atoms with Crippen molar-refractivity contribution in [3.05, 3.63) is 113 Å². The lowest BCUT2D eigenvalue weighted by atomic mass is 10.1. The first kappa shape index (κ1) is 27.3. The van der Waals surface area contributed by atoms with Gasteiger partial charge in [-0.15, -0.1) is 0 Å². The summed E-state index contributed by atoms with van der Waals surface area (Å²) in [5.41, 5.74) is 8.17. The highest BCUT2D eigenvalue weighted by Gasteiger charge is 2.23. The molecule has 0 fully saturated rings. The Kier molecular flexibility index (Phi) is 9.70. The summed E-state index contributed by atoms with van der Waals surface area (Å²) in [5, 5.41) is 12.6. The van der Waals surface area contributed by atoms with Crippen molar-refractivity contribution in [2.45, 2.75) is 18.3 Å². The lowest BCUT2D eigenvalue weighted by Crippen LogP contribution is -2.48. The smallest absolute Gasteiger partial charge is 0.242 e. The Morgan fingerprint density at radius 2 is 1.49 bits per heavy atom. The standard InChI is InChI=1S/C27H29N5O4S/c28-26(29)23-14-11-21(12-15-23)17-30-25(33)18-31-27(34)24(16-13-20-7-3-1-4-8-20)32-37(35,36)19-22-9-5-2-6-10-22/h1-16,24,32H,17-19H2,(H3,28,29)(H,30,33)(H,31,34)/t24-/m1/s1. The molecule has 0 spiro atoms. The second-order valence-electron chi connectivity index (χ2n) is 8.22. The van der Waals surface area contributed by atoms with E-state index in [4.69, 9.17) is 11.1 Å². The number of nitrogens with one attached hydrogen (secondary N) is 4. The first-order valence-electron chi connectivity index (χ1n) is 11.5. The number of hydrogen-bond acceptors (Lipinski definition) is 5. The Morgan fingerprint density at radius 1 is 0.865 bits per heavy atom. The van der Waals surface area contributed by atoms with Crippen molar-refractivity contribution in [3.63, 3.8) is 0 Å². The fraction of sp³-hybridized carbons (Fsp3) is 0.148. The molecule has 0 bridgehead atoms. The second kappa shape index (κ2) is 13.1. The summed E-state index contributed by atoms with van der Waals surface area (Å²) in [7, 11) is -3.86. The first-order chi connectivity index (χ1) is 17.7. The molecule has 3 aromatic carbocycles. The molecule has 0 heterocycles. The van der Waals surface area contributed by atoms with Crippen LogP contribution in [-0.4, -0.2) is 38.7 Å². The van der Waals surface area contributed by atoms with E-state index in [1.165, 1.54) is 6.08 Å². The summed E-state index contributed by atoms with van der Waals surface area (Å²) in [6.45, 7) is -0.117. The van der Waals surface area contributed by atoms with E-state index in [2.05, 4.69) is 15.4 Å². The molecular formula is C27H29N5O4S. The predicted octanol–water partition coefficient (Wildman–Crippen LogP) is 1.90. The minimum atomic E-state index is -3.86. The number of nitrogens with two attached hydrogens (primary N) is 1. The van der Waals surface area contributed by atoms with Gasteiger partial charge in [0.25, 0.3) is 0 Å². The number of sulfonamides is 1. The molecule has 0 aliphatic rings. The fourth-order valence-corrected chi connectivity index (χ4v) is 4.61. The van der Waals surface area contributed by atoms with Crippen LogP contribution in [0.1, 0.15) is 22.3 Å². The fourth-order valence-electron chi connectivity index (χ4n) is 3.32. The van der Waals surface area contributed by atoms with Gasteiger partial charge in [0.15, 0.2) is 0 Å². The highest BCUT2D eigenvalue weighted by atomic mass is 32.2. The topological polar surface area (TPSA) is 154 Å². The lowest BCUT2D eigenvalue weighted by Gasteiger charge is -2.16. The number of nitrogen functional groups attached to an aromatic ring is 1. The summed E-state index contributed by atoms with van der Waals surface area (Å²) in [6, 6.07) is 23.4. The summed E-state index contributed by atoms with van der Waals surface area (Å²) < 4.78 is 28.0. The van der Waals surface area contributed by atoms with E-state index in [9.17, 15) is 18.0 Å². The van der Waals surface area contributed by atoms with Gasteiger partial charge in [-0.25, -0.2) is 8.42 Å². The quantitative estimate of drug-likeness (QED) is 0.183. The van der Waals surface area contributed by atoms with Gasteiger partial charge in [-0.2, -0.15) is 4.72 Å². The zero-order valence-corrected chi connectivity index (χ0v) is 20.9. The van der Waals surface area contributed by atoms with Crippen LogP contribution in [0, 0.1) is 5.41 Å². The summed E-state index contributed by atoms with van der Waals surface area (Å²) in [4.78, 5) is 25.2. The zero-order chi connectivity index (χ0) is 26.7. The molecule has 10 heteroatoms. The van der Waals surface area contributed by atoms with Crippen molar-refractivity contribution in [3.8, 4) is 0 Å². The Hall–Kier alpha value is -4.28. The van der Waals surface area contributed by atoms with Crippen LogP contribution >= 0.6 is 0 Å². The third-order valence-corrected chi connectivity index (χ3v) is 6.57. The number of rotatable bonds is 12. The maximum Gasteiger partial charge on any atom is 0.242 e. The van der Waals surface area contributed by atoms with Crippen LogP contribution in [0.5, 0.6) is 0 Å². The molecule has 2 amide bonds. The van der Waals surface area contributed by atoms with Crippen LogP contribution in [0.15, 0.2) is 91.0 Å². The number of carbonyl (C=O) groups is 2. The average molecular weight is 520 g/mol. The van der Waals surface area contributed by atoms with Gasteiger partial charge < -0.3 is 16.4 Å². The van der Waals surface area contributed by atoms with Crippen molar-refractivity contribution < 1.29 is 18.0 Å². The normalized spacial score (nSPS) is 12.1. The molecule has 0 aliphatic carbocycles. The molecular weight excluding hydrogens is 490 g/mol. The van der Waals surface area contributed by atoms with Crippen LogP contribution in [0.25, 0.3) is 6.08 Å². The molecule has 3 rings (SSSR count). The van der Waals surface area contributed by atoms with Crippen LogP contribution in [-0.2, 0) is 31.9 Å². The number of amides is 2. The second-order valence-corrected chi connectivity index (χ2v) is 9.97. The maximum absolute atomic E-state index is 12.9. The van der Waals surface area contributed by atoms with Gasteiger partial charge >= 0.3 is 0 Å². The third-order valence-electron chi connectivity index (χ3n) is 5.25. The largest absolute Gasteiger partial charge is 0.384 e. The predicted molar refractivity (Wildman–Crippen MR) is 144 cm³/mol. The van der Waals surface area contributed by atoms with E-state index in [0.29, 0.717) is 11.1 Å². The van der Waals surface area contributed by atoms with Crippen molar-refractivity contribution >= 4 is 33.7 Å². The molecule has 37 heavy (non-hydrogen) atoms. The molecule has 0 saturated heterocycles. The first-order valence-corrected chi connectivity index (χ1v) is 13.1. The average Bonchev–Trinajstić information content (AvgIpc) is 2.89. The molecule has 0 radical (unpaired) electrons.